The van der Waals surface area contributed by atoms with Crippen LogP contribution >= 0.6 is 12.2 Å². The minimum Gasteiger partial charge on any atom is -0.495 e. The molecule has 0 aliphatic carbocycles. The Labute approximate surface area is 198 Å². The summed E-state index contributed by atoms with van der Waals surface area (Å²) in [5, 5.41) is 4.13. The van der Waals surface area contributed by atoms with Gasteiger partial charge in [0, 0.05) is 18.1 Å². The summed E-state index contributed by atoms with van der Waals surface area (Å²) in [6, 6.07) is 25.7. The third-order valence-corrected chi connectivity index (χ3v) is 6.19. The molecule has 0 spiro atoms. The van der Waals surface area contributed by atoms with Crippen LogP contribution in [-0.2, 0) is 0 Å². The fourth-order valence-electron chi connectivity index (χ4n) is 4.43. The van der Waals surface area contributed by atoms with Crippen molar-refractivity contribution in [2.24, 2.45) is 0 Å². The minimum absolute atomic E-state index is 0.160. The molecular formula is C26H24N4O2S. The normalized spacial score (nSPS) is 17.6. The SMILES string of the molecule is COc1ccccc1N1C(=S)N[C@@H](c2ccccn2)[C@@H]1c1cccn1-c1ccccc1OC. The first kappa shape index (κ1) is 21.0. The van der Waals surface area contributed by atoms with Crippen molar-refractivity contribution in [3.05, 3.63) is 103 Å². The van der Waals surface area contributed by atoms with Gasteiger partial charge in [0.2, 0.25) is 0 Å². The molecule has 7 heteroatoms. The molecule has 2 atom stereocenters. The summed E-state index contributed by atoms with van der Waals surface area (Å²) in [6.07, 6.45) is 3.85. The first-order chi connectivity index (χ1) is 16.2. The van der Waals surface area contributed by atoms with Crippen molar-refractivity contribution in [1.82, 2.24) is 14.9 Å². The number of para-hydroxylation sites is 4. The van der Waals surface area contributed by atoms with E-state index in [1.54, 1.807) is 14.2 Å². The first-order valence-electron chi connectivity index (χ1n) is 10.7. The summed E-state index contributed by atoms with van der Waals surface area (Å²) in [7, 11) is 3.36. The molecule has 2 aromatic carbocycles. The van der Waals surface area contributed by atoms with Crippen LogP contribution in [0.4, 0.5) is 5.69 Å². The second-order valence-corrected chi connectivity index (χ2v) is 8.03. The molecule has 3 heterocycles. The lowest BCUT2D eigenvalue weighted by Crippen LogP contribution is -2.30. The molecule has 0 bridgehead atoms. The highest BCUT2D eigenvalue weighted by Crippen LogP contribution is 2.45. The Morgan fingerprint density at radius 1 is 0.818 bits per heavy atom. The average Bonchev–Trinajstić information content (AvgIpc) is 3.48. The van der Waals surface area contributed by atoms with E-state index in [-0.39, 0.29) is 12.1 Å². The van der Waals surface area contributed by atoms with Gasteiger partial charge in [-0.3, -0.25) is 4.98 Å². The van der Waals surface area contributed by atoms with Gasteiger partial charge in [-0.25, -0.2) is 0 Å². The van der Waals surface area contributed by atoms with Gasteiger partial charge in [-0.2, -0.15) is 0 Å². The molecule has 0 saturated carbocycles. The van der Waals surface area contributed by atoms with E-state index >= 15 is 0 Å². The highest BCUT2D eigenvalue weighted by molar-refractivity contribution is 7.80. The lowest BCUT2D eigenvalue weighted by molar-refractivity contribution is 0.411. The number of hydrogen-bond donors (Lipinski definition) is 1. The Morgan fingerprint density at radius 2 is 1.48 bits per heavy atom. The maximum Gasteiger partial charge on any atom is 0.174 e. The quantitative estimate of drug-likeness (QED) is 0.409. The monoisotopic (exact) mass is 456 g/mol. The smallest absolute Gasteiger partial charge is 0.174 e. The third kappa shape index (κ3) is 3.70. The molecule has 2 aromatic heterocycles. The summed E-state index contributed by atoms with van der Waals surface area (Å²) in [6.45, 7) is 0. The van der Waals surface area contributed by atoms with Crippen LogP contribution in [0, 0.1) is 0 Å². The summed E-state index contributed by atoms with van der Waals surface area (Å²) >= 11 is 5.86. The molecule has 1 aliphatic heterocycles. The molecule has 0 unspecified atom stereocenters. The largest absolute Gasteiger partial charge is 0.495 e. The summed E-state index contributed by atoms with van der Waals surface area (Å²) in [5.41, 5.74) is 3.81. The Kier molecular flexibility index (Phi) is 5.71. The van der Waals surface area contributed by atoms with Crippen LogP contribution in [0.15, 0.2) is 91.3 Å². The lowest BCUT2D eigenvalue weighted by atomic mass is 10.0. The van der Waals surface area contributed by atoms with Crippen LogP contribution < -0.4 is 19.7 Å². The van der Waals surface area contributed by atoms with Gasteiger partial charge in [0.15, 0.2) is 5.11 Å². The van der Waals surface area contributed by atoms with E-state index in [4.69, 9.17) is 21.7 Å². The summed E-state index contributed by atoms with van der Waals surface area (Å²) < 4.78 is 13.5. The molecule has 1 fully saturated rings. The van der Waals surface area contributed by atoms with Gasteiger partial charge in [0.1, 0.15) is 17.5 Å². The number of ether oxygens (including phenoxy) is 2. The standard InChI is InChI=1S/C26H24N4O2S/c1-31-22-14-5-3-11-19(22)29-17-9-13-21(29)25-24(18-10-7-8-16-27-18)28-26(33)30(25)20-12-4-6-15-23(20)32-2/h3-17,24-25H,1-2H3,(H,28,33)/t24-,25-/m0/s1. The second kappa shape index (κ2) is 8.96. The number of rotatable bonds is 6. The first-order valence-corrected chi connectivity index (χ1v) is 11.1. The summed E-state index contributed by atoms with van der Waals surface area (Å²) in [4.78, 5) is 6.77. The number of nitrogens with zero attached hydrogens (tertiary/aromatic N) is 3. The van der Waals surface area contributed by atoms with Crippen LogP contribution in [0.2, 0.25) is 0 Å². The second-order valence-electron chi connectivity index (χ2n) is 7.64. The van der Waals surface area contributed by atoms with Crippen molar-refractivity contribution in [1.29, 1.82) is 0 Å². The van der Waals surface area contributed by atoms with Crippen LogP contribution in [0.1, 0.15) is 23.5 Å². The van der Waals surface area contributed by atoms with Crippen molar-refractivity contribution in [2.45, 2.75) is 12.1 Å². The molecule has 166 valence electrons. The van der Waals surface area contributed by atoms with Crippen LogP contribution in [0.3, 0.4) is 0 Å². The van der Waals surface area contributed by atoms with Crippen LogP contribution in [-0.4, -0.2) is 28.9 Å². The highest BCUT2D eigenvalue weighted by atomic mass is 32.1. The van der Waals surface area contributed by atoms with Crippen molar-refractivity contribution in [3.8, 4) is 17.2 Å². The van der Waals surface area contributed by atoms with Crippen molar-refractivity contribution in [3.63, 3.8) is 0 Å². The van der Waals surface area contributed by atoms with Gasteiger partial charge < -0.3 is 24.3 Å². The number of methoxy groups -OCH3 is 2. The fourth-order valence-corrected chi connectivity index (χ4v) is 4.77. The summed E-state index contributed by atoms with van der Waals surface area (Å²) in [5.74, 6) is 1.55. The number of anilines is 1. The molecule has 0 radical (unpaired) electrons. The molecule has 6 nitrogen and oxygen atoms in total. The molecule has 33 heavy (non-hydrogen) atoms. The molecular weight excluding hydrogens is 432 g/mol. The zero-order chi connectivity index (χ0) is 22.8. The lowest BCUT2D eigenvalue weighted by Gasteiger charge is -2.30. The number of thiocarbonyl (C=S) groups is 1. The zero-order valence-electron chi connectivity index (χ0n) is 18.4. The number of benzene rings is 2. The molecule has 4 aromatic rings. The number of nitrogens with one attached hydrogen (secondary N) is 1. The van der Waals surface area contributed by atoms with Gasteiger partial charge in [0.25, 0.3) is 0 Å². The molecule has 1 aliphatic rings. The van der Waals surface area contributed by atoms with Gasteiger partial charge in [-0.1, -0.05) is 30.3 Å². The van der Waals surface area contributed by atoms with Crippen molar-refractivity contribution < 1.29 is 9.47 Å². The van der Waals surface area contributed by atoms with Crippen LogP contribution in [0.5, 0.6) is 11.5 Å². The Bertz CT molecular complexity index is 1270. The van der Waals surface area contributed by atoms with E-state index in [1.165, 1.54) is 0 Å². The maximum absolute atomic E-state index is 5.86. The van der Waals surface area contributed by atoms with E-state index in [9.17, 15) is 0 Å². The van der Waals surface area contributed by atoms with Gasteiger partial charge in [-0.15, -0.1) is 0 Å². The fraction of sp³-hybridized carbons (Fsp3) is 0.154. The van der Waals surface area contributed by atoms with Gasteiger partial charge in [-0.05, 0) is 60.7 Å². The van der Waals surface area contributed by atoms with E-state index in [2.05, 4.69) is 25.8 Å². The molecule has 1 saturated heterocycles. The topological polar surface area (TPSA) is 51.5 Å². The Morgan fingerprint density at radius 3 is 2.18 bits per heavy atom. The zero-order valence-corrected chi connectivity index (χ0v) is 19.2. The van der Waals surface area contributed by atoms with Crippen LogP contribution in [0.25, 0.3) is 5.69 Å². The van der Waals surface area contributed by atoms with E-state index < -0.39 is 0 Å². The Balaban J connectivity index is 1.71. The van der Waals surface area contributed by atoms with E-state index in [1.807, 2.05) is 85.2 Å². The predicted molar refractivity (Wildman–Crippen MR) is 133 cm³/mol. The minimum atomic E-state index is -0.177. The number of pyridine rings is 1. The number of hydrogen-bond acceptors (Lipinski definition) is 4. The number of aromatic nitrogens is 2. The molecule has 1 N–H and O–H groups in total. The van der Waals surface area contributed by atoms with E-state index in [0.717, 1.165) is 34.3 Å². The molecule has 5 rings (SSSR count). The highest BCUT2D eigenvalue weighted by Gasteiger charge is 2.43. The third-order valence-electron chi connectivity index (χ3n) is 5.87. The van der Waals surface area contributed by atoms with Gasteiger partial charge >= 0.3 is 0 Å². The average molecular weight is 457 g/mol. The Hall–Kier alpha value is -3.84. The molecule has 0 amide bonds. The maximum atomic E-state index is 5.86. The predicted octanol–water partition coefficient (Wildman–Crippen LogP) is 5.07. The van der Waals surface area contributed by atoms with Crippen molar-refractivity contribution in [2.75, 3.05) is 19.1 Å². The van der Waals surface area contributed by atoms with E-state index in [0.29, 0.717) is 5.11 Å². The van der Waals surface area contributed by atoms with Crippen molar-refractivity contribution >= 4 is 23.0 Å². The van der Waals surface area contributed by atoms with Gasteiger partial charge in [0.05, 0.1) is 37.3 Å².